The topological polar surface area (TPSA) is 45.5 Å². The number of rotatable bonds is 6. The van der Waals surface area contributed by atoms with Crippen molar-refractivity contribution < 1.29 is 22.4 Å². The standard InChI is InChI=1S/C20H21F3N2O2/c21-20(22,23)17-4-2-1-3-16(17)18-8-7-15(27-18)12-25(14-5-6-14)11-13-9-19(26)24-10-13/h1-4,7-8,13-14H,5-6,9-12H2,(H,24,26). The maximum absolute atomic E-state index is 13.2. The van der Waals surface area contributed by atoms with Crippen LogP contribution in [0.4, 0.5) is 13.2 Å². The van der Waals surface area contributed by atoms with Crippen molar-refractivity contribution in [3.8, 4) is 11.3 Å². The van der Waals surface area contributed by atoms with Gasteiger partial charge in [0.15, 0.2) is 0 Å². The fraction of sp³-hybridized carbons (Fsp3) is 0.450. The number of hydrogen-bond acceptors (Lipinski definition) is 3. The quantitative estimate of drug-likeness (QED) is 0.824. The Hall–Kier alpha value is -2.28. The van der Waals surface area contributed by atoms with Crippen molar-refractivity contribution in [3.05, 3.63) is 47.7 Å². The van der Waals surface area contributed by atoms with Crippen LogP contribution in [0.1, 0.15) is 30.6 Å². The molecule has 0 bridgehead atoms. The van der Waals surface area contributed by atoms with Gasteiger partial charge in [-0.3, -0.25) is 9.69 Å². The van der Waals surface area contributed by atoms with Crippen LogP contribution in [-0.4, -0.2) is 29.9 Å². The number of amides is 1. The summed E-state index contributed by atoms with van der Waals surface area (Å²) in [6.07, 6.45) is -1.67. The summed E-state index contributed by atoms with van der Waals surface area (Å²) in [5.41, 5.74) is -0.639. The molecular formula is C20H21F3N2O2. The summed E-state index contributed by atoms with van der Waals surface area (Å²) >= 11 is 0. The minimum absolute atomic E-state index is 0.0554. The number of furan rings is 1. The summed E-state index contributed by atoms with van der Waals surface area (Å²) in [4.78, 5) is 13.7. The van der Waals surface area contributed by atoms with Gasteiger partial charge in [-0.15, -0.1) is 0 Å². The molecule has 1 aliphatic carbocycles. The molecule has 4 rings (SSSR count). The van der Waals surface area contributed by atoms with Crippen molar-refractivity contribution in [2.75, 3.05) is 13.1 Å². The molecule has 1 saturated carbocycles. The number of nitrogens with zero attached hydrogens (tertiary/aromatic N) is 1. The second kappa shape index (κ2) is 7.03. The van der Waals surface area contributed by atoms with E-state index in [0.29, 0.717) is 31.3 Å². The maximum atomic E-state index is 13.2. The van der Waals surface area contributed by atoms with Gasteiger partial charge in [0.2, 0.25) is 5.91 Å². The van der Waals surface area contributed by atoms with E-state index < -0.39 is 11.7 Å². The zero-order valence-corrected chi connectivity index (χ0v) is 14.8. The van der Waals surface area contributed by atoms with Crippen LogP contribution < -0.4 is 5.32 Å². The first-order valence-corrected chi connectivity index (χ1v) is 9.16. The molecule has 1 aromatic carbocycles. The van der Waals surface area contributed by atoms with E-state index in [1.54, 1.807) is 18.2 Å². The summed E-state index contributed by atoms with van der Waals surface area (Å²) < 4.78 is 45.5. The van der Waals surface area contributed by atoms with Gasteiger partial charge in [-0.25, -0.2) is 0 Å². The number of halogens is 3. The molecule has 7 heteroatoms. The molecule has 2 fully saturated rings. The minimum Gasteiger partial charge on any atom is -0.460 e. The number of hydrogen-bond donors (Lipinski definition) is 1. The van der Waals surface area contributed by atoms with E-state index >= 15 is 0 Å². The highest BCUT2D eigenvalue weighted by Gasteiger charge is 2.35. The number of nitrogens with one attached hydrogen (secondary N) is 1. The van der Waals surface area contributed by atoms with Gasteiger partial charge in [0, 0.05) is 31.1 Å². The predicted octanol–water partition coefficient (Wildman–Crippen LogP) is 4.07. The van der Waals surface area contributed by atoms with Crippen LogP contribution in [0.5, 0.6) is 0 Å². The Morgan fingerprint density at radius 1 is 1.15 bits per heavy atom. The lowest BCUT2D eigenvalue weighted by Gasteiger charge is -2.23. The van der Waals surface area contributed by atoms with Crippen LogP contribution in [0.3, 0.4) is 0 Å². The molecule has 1 atom stereocenters. The van der Waals surface area contributed by atoms with Crippen molar-refractivity contribution in [3.63, 3.8) is 0 Å². The number of carbonyl (C=O) groups is 1. The fourth-order valence-corrected chi connectivity index (χ4v) is 3.66. The molecule has 1 amide bonds. The van der Waals surface area contributed by atoms with E-state index in [1.165, 1.54) is 12.1 Å². The van der Waals surface area contributed by atoms with Gasteiger partial charge in [0.1, 0.15) is 11.5 Å². The van der Waals surface area contributed by atoms with Crippen LogP contribution in [0, 0.1) is 5.92 Å². The van der Waals surface area contributed by atoms with Gasteiger partial charge in [-0.2, -0.15) is 13.2 Å². The van der Waals surface area contributed by atoms with Gasteiger partial charge >= 0.3 is 6.18 Å². The molecule has 4 nitrogen and oxygen atoms in total. The molecule has 2 aromatic rings. The van der Waals surface area contributed by atoms with Gasteiger partial charge in [-0.05, 0) is 37.0 Å². The minimum atomic E-state index is -4.42. The Balaban J connectivity index is 1.50. The van der Waals surface area contributed by atoms with Crippen LogP contribution in [0.2, 0.25) is 0 Å². The Labute approximate surface area is 155 Å². The third-order valence-corrected chi connectivity index (χ3v) is 5.14. The van der Waals surface area contributed by atoms with Crippen LogP contribution >= 0.6 is 0 Å². The maximum Gasteiger partial charge on any atom is 0.417 e. The van der Waals surface area contributed by atoms with Crippen LogP contribution in [0.25, 0.3) is 11.3 Å². The molecule has 1 saturated heterocycles. The predicted molar refractivity (Wildman–Crippen MR) is 93.7 cm³/mol. The van der Waals surface area contributed by atoms with Gasteiger partial charge in [0.25, 0.3) is 0 Å². The SMILES string of the molecule is O=C1CC(CN(Cc2ccc(-c3ccccc3C(F)(F)F)o2)C2CC2)CN1. The van der Waals surface area contributed by atoms with Crippen molar-refractivity contribution in [1.29, 1.82) is 0 Å². The zero-order valence-electron chi connectivity index (χ0n) is 14.8. The van der Waals surface area contributed by atoms with Gasteiger partial charge < -0.3 is 9.73 Å². The average Bonchev–Trinajstić information content (AvgIpc) is 3.24. The normalized spacial score (nSPS) is 20.3. The average molecular weight is 378 g/mol. The Bertz CT molecular complexity index is 827. The van der Waals surface area contributed by atoms with E-state index in [-0.39, 0.29) is 23.1 Å². The molecule has 2 aliphatic rings. The van der Waals surface area contributed by atoms with Crippen molar-refractivity contribution in [2.45, 2.75) is 38.0 Å². The van der Waals surface area contributed by atoms with Gasteiger partial charge in [-0.1, -0.05) is 18.2 Å². The first-order chi connectivity index (χ1) is 12.9. The van der Waals surface area contributed by atoms with E-state index in [9.17, 15) is 18.0 Å². The highest BCUT2D eigenvalue weighted by atomic mass is 19.4. The third-order valence-electron chi connectivity index (χ3n) is 5.14. The first-order valence-electron chi connectivity index (χ1n) is 9.16. The van der Waals surface area contributed by atoms with E-state index in [4.69, 9.17) is 4.42 Å². The fourth-order valence-electron chi connectivity index (χ4n) is 3.66. The van der Waals surface area contributed by atoms with Gasteiger partial charge in [0.05, 0.1) is 12.1 Å². The first kappa shape index (κ1) is 18.1. The Kier molecular flexibility index (Phi) is 4.72. The van der Waals surface area contributed by atoms with Crippen LogP contribution in [0.15, 0.2) is 40.8 Å². The summed E-state index contributed by atoms with van der Waals surface area (Å²) in [5, 5.41) is 2.85. The number of alkyl halides is 3. The lowest BCUT2D eigenvalue weighted by molar-refractivity contribution is -0.137. The molecule has 1 aromatic heterocycles. The molecule has 1 N–H and O–H groups in total. The van der Waals surface area contributed by atoms with E-state index in [1.807, 2.05) is 0 Å². The van der Waals surface area contributed by atoms with E-state index in [2.05, 4.69) is 10.2 Å². The van der Waals surface area contributed by atoms with Crippen molar-refractivity contribution in [2.24, 2.45) is 5.92 Å². The molecule has 2 heterocycles. The largest absolute Gasteiger partial charge is 0.460 e. The molecule has 27 heavy (non-hydrogen) atoms. The summed E-state index contributed by atoms with van der Waals surface area (Å²) in [7, 11) is 0. The molecule has 0 spiro atoms. The Morgan fingerprint density at radius 2 is 1.93 bits per heavy atom. The molecule has 1 aliphatic heterocycles. The molecule has 1 unspecified atom stereocenters. The lowest BCUT2D eigenvalue weighted by Crippen LogP contribution is -2.32. The van der Waals surface area contributed by atoms with E-state index in [0.717, 1.165) is 25.5 Å². The highest BCUT2D eigenvalue weighted by Crippen LogP contribution is 2.38. The summed E-state index contributed by atoms with van der Waals surface area (Å²) in [5.74, 6) is 1.23. The third kappa shape index (κ3) is 4.18. The molecular weight excluding hydrogens is 357 g/mol. The Morgan fingerprint density at radius 3 is 2.59 bits per heavy atom. The summed E-state index contributed by atoms with van der Waals surface area (Å²) in [6.45, 7) is 2.02. The van der Waals surface area contributed by atoms with Crippen molar-refractivity contribution >= 4 is 5.91 Å². The second-order valence-electron chi connectivity index (χ2n) is 7.34. The van der Waals surface area contributed by atoms with Crippen LogP contribution in [-0.2, 0) is 17.5 Å². The number of benzene rings is 1. The highest BCUT2D eigenvalue weighted by molar-refractivity contribution is 5.78. The smallest absolute Gasteiger partial charge is 0.417 e. The summed E-state index contributed by atoms with van der Waals surface area (Å²) in [6, 6.07) is 9.27. The number of carbonyl (C=O) groups excluding carboxylic acids is 1. The zero-order chi connectivity index (χ0) is 19.0. The second-order valence-corrected chi connectivity index (χ2v) is 7.34. The molecule has 0 radical (unpaired) electrons. The molecule has 144 valence electrons. The van der Waals surface area contributed by atoms with Crippen molar-refractivity contribution in [1.82, 2.24) is 10.2 Å². The monoisotopic (exact) mass is 378 g/mol. The lowest BCUT2D eigenvalue weighted by atomic mass is 10.1.